The zero-order chi connectivity index (χ0) is 20.1. The van der Waals surface area contributed by atoms with Gasteiger partial charge in [0, 0.05) is 35.1 Å². The van der Waals surface area contributed by atoms with E-state index in [-0.39, 0.29) is 17.6 Å². The molecule has 1 aromatic carbocycles. The quantitative estimate of drug-likeness (QED) is 0.485. The molecule has 0 bridgehead atoms. The molecule has 0 unspecified atom stereocenters. The summed E-state index contributed by atoms with van der Waals surface area (Å²) in [6, 6.07) is 9.85. The largest absolute Gasteiger partial charge is 0.460 e. The van der Waals surface area contributed by atoms with Crippen LogP contribution in [0.2, 0.25) is 0 Å². The van der Waals surface area contributed by atoms with Gasteiger partial charge in [-0.3, -0.25) is 9.69 Å². The molecule has 29 heavy (non-hydrogen) atoms. The van der Waals surface area contributed by atoms with Crippen LogP contribution >= 0.6 is 11.3 Å². The van der Waals surface area contributed by atoms with Crippen LogP contribution in [0.1, 0.15) is 47.6 Å². The number of carbonyl (C=O) groups is 1. The Balaban J connectivity index is 1.49. The van der Waals surface area contributed by atoms with E-state index in [1.807, 2.05) is 35.7 Å². The first-order valence-corrected chi connectivity index (χ1v) is 10.5. The topological polar surface area (TPSA) is 71.5 Å². The Bertz CT molecular complexity index is 1190. The molecule has 0 saturated carbocycles. The molecule has 0 radical (unpaired) electrons. The van der Waals surface area contributed by atoms with Crippen molar-refractivity contribution in [2.75, 3.05) is 18.9 Å². The maximum atomic E-state index is 12.9. The lowest BCUT2D eigenvalue weighted by atomic mass is 9.92. The zero-order valence-corrected chi connectivity index (χ0v) is 17.2. The van der Waals surface area contributed by atoms with E-state index in [0.717, 1.165) is 28.2 Å². The minimum Gasteiger partial charge on any atom is -0.460 e. The molecule has 0 aliphatic carbocycles. The molecule has 1 amide bonds. The molecular formula is C22H21N3O3S. The highest BCUT2D eigenvalue weighted by Gasteiger charge is 2.31. The molecule has 148 valence electrons. The number of hydrogen-bond donors (Lipinski definition) is 1. The molecule has 3 aromatic heterocycles. The second-order valence-electron chi connectivity index (χ2n) is 7.57. The third kappa shape index (κ3) is 2.97. The van der Waals surface area contributed by atoms with Gasteiger partial charge in [0.2, 0.25) is 0 Å². The number of anilines is 1. The monoisotopic (exact) mass is 407 g/mol. The van der Waals surface area contributed by atoms with Gasteiger partial charge in [-0.15, -0.1) is 11.3 Å². The smallest absolute Gasteiger partial charge is 0.278 e. The minimum atomic E-state index is -0.294. The molecule has 1 N–H and O–H groups in total. The molecule has 4 heterocycles. The van der Waals surface area contributed by atoms with Crippen LogP contribution in [0.15, 0.2) is 50.9 Å². The minimum absolute atomic E-state index is 0.259. The van der Waals surface area contributed by atoms with E-state index in [1.54, 1.807) is 0 Å². The zero-order valence-electron chi connectivity index (χ0n) is 16.4. The summed E-state index contributed by atoms with van der Waals surface area (Å²) in [5.41, 5.74) is 3.04. The second-order valence-corrected chi connectivity index (χ2v) is 8.52. The lowest BCUT2D eigenvalue weighted by Crippen LogP contribution is -2.31. The number of nitrogens with one attached hydrogen (secondary N) is 1. The third-order valence-corrected chi connectivity index (χ3v) is 6.50. The van der Waals surface area contributed by atoms with Crippen LogP contribution in [0.3, 0.4) is 0 Å². The standard InChI is InChI=1S/C22H21N3O3S/c1-12-10-25(3)13(2)18-15-9-14(6-7-16(15)28-20(12)18)24-22(26)19-21(27-11-23-19)17-5-4-8-29-17/h4-9,11-13H,10H2,1-3H3,(H,24,26)/t12-,13-/m0/s1. The van der Waals surface area contributed by atoms with Crippen molar-refractivity contribution in [2.45, 2.75) is 25.8 Å². The van der Waals surface area contributed by atoms with E-state index in [1.165, 1.54) is 23.3 Å². The Morgan fingerprint density at radius 1 is 1.31 bits per heavy atom. The van der Waals surface area contributed by atoms with Crippen molar-refractivity contribution in [2.24, 2.45) is 0 Å². The number of amides is 1. The Hall–Kier alpha value is -2.90. The summed E-state index contributed by atoms with van der Waals surface area (Å²) in [5.74, 6) is 1.58. The summed E-state index contributed by atoms with van der Waals surface area (Å²) < 4.78 is 11.6. The van der Waals surface area contributed by atoms with E-state index in [0.29, 0.717) is 17.4 Å². The molecular weight excluding hydrogens is 386 g/mol. The van der Waals surface area contributed by atoms with Gasteiger partial charge in [-0.05, 0) is 43.6 Å². The predicted molar refractivity (Wildman–Crippen MR) is 113 cm³/mol. The number of rotatable bonds is 3. The lowest BCUT2D eigenvalue weighted by Gasteiger charge is -2.33. The second kappa shape index (κ2) is 6.86. The molecule has 4 aromatic rings. The highest BCUT2D eigenvalue weighted by atomic mass is 32.1. The van der Waals surface area contributed by atoms with Gasteiger partial charge in [-0.25, -0.2) is 4.98 Å². The van der Waals surface area contributed by atoms with Crippen molar-refractivity contribution in [1.82, 2.24) is 9.88 Å². The normalized spacial score (nSPS) is 19.4. The van der Waals surface area contributed by atoms with Crippen molar-refractivity contribution >= 4 is 33.9 Å². The van der Waals surface area contributed by atoms with Crippen LogP contribution in [0.4, 0.5) is 5.69 Å². The van der Waals surface area contributed by atoms with Crippen molar-refractivity contribution in [1.29, 1.82) is 0 Å². The van der Waals surface area contributed by atoms with Gasteiger partial charge in [0.15, 0.2) is 17.8 Å². The van der Waals surface area contributed by atoms with Crippen molar-refractivity contribution in [3.63, 3.8) is 0 Å². The average molecular weight is 407 g/mol. The summed E-state index contributed by atoms with van der Waals surface area (Å²) in [6.45, 7) is 5.34. The first-order chi connectivity index (χ1) is 14.0. The number of oxazole rings is 1. The maximum Gasteiger partial charge on any atom is 0.278 e. The molecule has 0 spiro atoms. The SMILES string of the molecule is C[C@H]1CN(C)[C@@H](C)c2c1oc1ccc(NC(=O)c3ncoc3-c3cccs3)cc21. The predicted octanol–water partition coefficient (Wildman–Crippen LogP) is 5.51. The first kappa shape index (κ1) is 18.1. The maximum absolute atomic E-state index is 12.9. The fourth-order valence-electron chi connectivity index (χ4n) is 4.08. The highest BCUT2D eigenvalue weighted by Crippen LogP contribution is 2.42. The molecule has 7 heteroatoms. The summed E-state index contributed by atoms with van der Waals surface area (Å²) >= 11 is 1.51. The van der Waals surface area contributed by atoms with Crippen molar-refractivity contribution in [3.05, 3.63) is 59.1 Å². The molecule has 0 fully saturated rings. The lowest BCUT2D eigenvalue weighted by molar-refractivity contribution is 0.102. The van der Waals surface area contributed by atoms with Gasteiger partial charge in [-0.2, -0.15) is 0 Å². The van der Waals surface area contributed by atoms with Crippen LogP contribution in [-0.2, 0) is 0 Å². The Labute approximate surface area is 172 Å². The van der Waals surface area contributed by atoms with Crippen molar-refractivity contribution in [3.8, 4) is 10.6 Å². The van der Waals surface area contributed by atoms with E-state index in [2.05, 4.69) is 36.1 Å². The van der Waals surface area contributed by atoms with Gasteiger partial charge in [0.25, 0.3) is 5.91 Å². The van der Waals surface area contributed by atoms with Crippen LogP contribution in [-0.4, -0.2) is 29.4 Å². The van der Waals surface area contributed by atoms with Gasteiger partial charge < -0.3 is 14.2 Å². The van der Waals surface area contributed by atoms with Crippen molar-refractivity contribution < 1.29 is 13.6 Å². The van der Waals surface area contributed by atoms with Crippen LogP contribution in [0, 0.1) is 0 Å². The number of carbonyl (C=O) groups excluding carboxylic acids is 1. The number of aromatic nitrogens is 1. The van der Waals surface area contributed by atoms with Crippen LogP contribution < -0.4 is 5.32 Å². The number of thiophene rings is 1. The van der Waals surface area contributed by atoms with Gasteiger partial charge >= 0.3 is 0 Å². The van der Waals surface area contributed by atoms with E-state index in [4.69, 9.17) is 8.83 Å². The summed E-state index contributed by atoms with van der Waals surface area (Å²) in [4.78, 5) is 20.2. The molecule has 1 aliphatic heterocycles. The molecule has 6 nitrogen and oxygen atoms in total. The number of hydrogen-bond acceptors (Lipinski definition) is 6. The molecule has 5 rings (SSSR count). The average Bonchev–Trinajstić information content (AvgIpc) is 3.44. The number of furan rings is 1. The number of nitrogens with zero attached hydrogens (tertiary/aromatic N) is 2. The molecule has 1 aliphatic rings. The fourth-order valence-corrected chi connectivity index (χ4v) is 4.80. The first-order valence-electron chi connectivity index (χ1n) is 9.58. The van der Waals surface area contributed by atoms with Gasteiger partial charge in [-0.1, -0.05) is 13.0 Å². The van der Waals surface area contributed by atoms with Crippen LogP contribution in [0.5, 0.6) is 0 Å². The van der Waals surface area contributed by atoms with Gasteiger partial charge in [0.1, 0.15) is 11.3 Å². The third-order valence-electron chi connectivity index (χ3n) is 5.63. The van der Waals surface area contributed by atoms with E-state index >= 15 is 0 Å². The Kier molecular flexibility index (Phi) is 4.29. The highest BCUT2D eigenvalue weighted by molar-refractivity contribution is 7.13. The van der Waals surface area contributed by atoms with Crippen LogP contribution in [0.25, 0.3) is 21.6 Å². The summed E-state index contributed by atoms with van der Waals surface area (Å²) in [6.07, 6.45) is 1.30. The van der Waals surface area contributed by atoms with E-state index in [9.17, 15) is 4.79 Å². The number of fused-ring (bicyclic) bond motifs is 3. The fraction of sp³-hybridized carbons (Fsp3) is 0.273. The van der Waals surface area contributed by atoms with Gasteiger partial charge in [0.05, 0.1) is 4.88 Å². The molecule has 2 atom stereocenters. The van der Waals surface area contributed by atoms with E-state index < -0.39 is 0 Å². The Morgan fingerprint density at radius 3 is 2.97 bits per heavy atom. The number of benzene rings is 1. The summed E-state index contributed by atoms with van der Waals surface area (Å²) in [5, 5.41) is 5.94. The number of likely N-dealkylation sites (N-methyl/N-ethyl adjacent to an activating group) is 1. The Morgan fingerprint density at radius 2 is 2.17 bits per heavy atom. The molecule has 0 saturated heterocycles. The summed E-state index contributed by atoms with van der Waals surface area (Å²) in [7, 11) is 2.13.